The molecule has 1 saturated heterocycles. The maximum Gasteiger partial charge on any atom is 0.337 e. The minimum Gasteiger partial charge on any atom is -0.491 e. The molecule has 1 fully saturated rings. The molecule has 6 aromatic carbocycles. The minimum atomic E-state index is -0.457. The number of methoxy groups -OCH3 is 3. The summed E-state index contributed by atoms with van der Waals surface area (Å²) in [5, 5.41) is 13.1. The predicted molar refractivity (Wildman–Crippen MR) is 281 cm³/mol. The highest BCUT2D eigenvalue weighted by Gasteiger charge is 2.42. The van der Waals surface area contributed by atoms with E-state index in [1.807, 2.05) is 109 Å². The first kappa shape index (κ1) is 53.9. The lowest BCUT2D eigenvalue weighted by Crippen LogP contribution is -2.47. The molecule has 0 spiro atoms. The van der Waals surface area contributed by atoms with E-state index in [0.717, 1.165) is 50.9 Å². The zero-order chi connectivity index (χ0) is 51.7. The van der Waals surface area contributed by atoms with Crippen molar-refractivity contribution in [2.75, 3.05) is 54.4 Å². The Morgan fingerprint density at radius 2 is 1.21 bits per heavy atom. The van der Waals surface area contributed by atoms with Gasteiger partial charge in [-0.25, -0.2) is 14.4 Å². The number of fused-ring (bicyclic) bond motifs is 2. The summed E-state index contributed by atoms with van der Waals surface area (Å²) in [6.07, 6.45) is 3.08. The molecule has 73 heavy (non-hydrogen) atoms. The van der Waals surface area contributed by atoms with Gasteiger partial charge >= 0.3 is 17.9 Å². The lowest BCUT2D eigenvalue weighted by atomic mass is 9.80. The second kappa shape index (κ2) is 26.2. The fraction of sp³-hybridized carbons (Fsp3) is 0.322. The molecule has 3 aliphatic heterocycles. The summed E-state index contributed by atoms with van der Waals surface area (Å²) >= 11 is 3.50. The molecule has 382 valence electrons. The molecule has 3 aliphatic rings. The Balaban J connectivity index is 0.000000164. The van der Waals surface area contributed by atoms with Crippen molar-refractivity contribution in [3.63, 3.8) is 0 Å². The van der Waals surface area contributed by atoms with Gasteiger partial charge in [0.25, 0.3) is 0 Å². The fourth-order valence-corrected chi connectivity index (χ4v) is 9.60. The number of halogens is 1. The number of rotatable bonds is 11. The molecule has 0 bridgehead atoms. The summed E-state index contributed by atoms with van der Waals surface area (Å²) in [7, 11) is 4.10. The van der Waals surface area contributed by atoms with Crippen LogP contribution in [0.5, 0.6) is 11.5 Å². The van der Waals surface area contributed by atoms with E-state index < -0.39 is 11.4 Å². The van der Waals surface area contributed by atoms with Gasteiger partial charge in [0.15, 0.2) is 0 Å². The molecule has 3 atom stereocenters. The third-order valence-corrected chi connectivity index (χ3v) is 14.3. The highest BCUT2D eigenvalue weighted by atomic mass is 79.9. The predicted octanol–water partition coefficient (Wildman–Crippen LogP) is 10.4. The average molecular weight is 1060 g/mol. The van der Waals surface area contributed by atoms with Gasteiger partial charge in [-0.2, -0.15) is 0 Å². The summed E-state index contributed by atoms with van der Waals surface area (Å²) in [6, 6.07) is 46.2. The first-order valence-corrected chi connectivity index (χ1v) is 25.2. The molecule has 0 saturated carbocycles. The van der Waals surface area contributed by atoms with Crippen molar-refractivity contribution >= 4 is 39.7 Å². The van der Waals surface area contributed by atoms with Gasteiger partial charge in [0.1, 0.15) is 24.7 Å². The number of amides is 1. The Kier molecular flexibility index (Phi) is 19.4. The monoisotopic (exact) mass is 1050 g/mol. The van der Waals surface area contributed by atoms with Crippen LogP contribution in [0.25, 0.3) is 0 Å². The summed E-state index contributed by atoms with van der Waals surface area (Å²) in [5.74, 6) is 0.493. The normalized spacial score (nSPS) is 17.0. The van der Waals surface area contributed by atoms with Crippen LogP contribution in [0.1, 0.15) is 109 Å². The summed E-state index contributed by atoms with van der Waals surface area (Å²) in [6.45, 7) is 5.34. The molecule has 0 aliphatic carbocycles. The Hall–Kier alpha value is -6.84. The molecule has 13 nitrogen and oxygen atoms in total. The Labute approximate surface area is 435 Å². The number of hydrogen-bond donors (Lipinski definition) is 2. The second-order valence-electron chi connectivity index (χ2n) is 18.3. The van der Waals surface area contributed by atoms with Crippen LogP contribution in [0.2, 0.25) is 0 Å². The lowest BCUT2D eigenvalue weighted by molar-refractivity contribution is -0.150. The van der Waals surface area contributed by atoms with Crippen LogP contribution in [-0.4, -0.2) is 88.2 Å². The summed E-state index contributed by atoms with van der Waals surface area (Å²) < 4.78 is 32.7. The van der Waals surface area contributed by atoms with Gasteiger partial charge in [-0.3, -0.25) is 4.79 Å². The number of carbonyl (C=O) groups is 4. The molecular weight excluding hydrogens is 993 g/mol. The van der Waals surface area contributed by atoms with Gasteiger partial charge in [-0.15, -0.1) is 0 Å². The molecular formula is C59H63BrN2O11. The number of carbonyl (C=O) groups excluding carboxylic acids is 4. The lowest BCUT2D eigenvalue weighted by Gasteiger charge is -2.39. The Bertz CT molecular complexity index is 2790. The molecule has 14 heteroatoms. The van der Waals surface area contributed by atoms with E-state index >= 15 is 0 Å². The molecule has 9 rings (SSSR count). The van der Waals surface area contributed by atoms with Crippen LogP contribution < -0.4 is 14.8 Å². The largest absolute Gasteiger partial charge is 0.491 e. The van der Waals surface area contributed by atoms with E-state index in [1.165, 1.54) is 26.9 Å². The zero-order valence-corrected chi connectivity index (χ0v) is 43.3. The van der Waals surface area contributed by atoms with E-state index in [9.17, 15) is 24.3 Å². The molecule has 6 aromatic rings. The smallest absolute Gasteiger partial charge is 0.337 e. The number of nitrogens with zero attached hydrogens (tertiary/aromatic N) is 1. The zero-order valence-electron chi connectivity index (χ0n) is 41.7. The average Bonchev–Trinajstić information content (AvgIpc) is 3.78. The van der Waals surface area contributed by atoms with E-state index in [4.69, 9.17) is 28.4 Å². The Morgan fingerprint density at radius 1 is 0.685 bits per heavy atom. The fourth-order valence-electron chi connectivity index (χ4n) is 9.02. The van der Waals surface area contributed by atoms with Crippen molar-refractivity contribution in [1.82, 2.24) is 10.2 Å². The number of aliphatic hydroxyl groups excluding tert-OH is 1. The maximum absolute atomic E-state index is 13.8. The van der Waals surface area contributed by atoms with Gasteiger partial charge in [0, 0.05) is 47.9 Å². The first-order chi connectivity index (χ1) is 35.4. The first-order valence-electron chi connectivity index (χ1n) is 24.4. The van der Waals surface area contributed by atoms with Crippen LogP contribution in [0.3, 0.4) is 0 Å². The molecule has 0 aromatic heterocycles. The highest BCUT2D eigenvalue weighted by molar-refractivity contribution is 9.10. The van der Waals surface area contributed by atoms with Gasteiger partial charge < -0.3 is 43.7 Å². The standard InChI is InChI=1S/C24H27NO5.C18H19BrO3.C17H17NO3/c1-24(10-12-29-13-11-24)23(27)25-15-19-9-8-18(22(26)28-2)14-21(19)30-16-20(25)17-6-4-3-5-7-17;1-22-18(21)15-9-7-14(17(19)11-15)8-10-16(12-20)13-5-3-2-4-6-13;1-20-17(19)13-7-8-14-10-18-15(11-21-16(14)9-13)12-5-3-2-4-6-12/h3-9,14,20H,10-13,15-16H2,1-2H3;2-7,9,11,16,20H,8,10,12H2,1H3;2-9,15,18H,10-11H2,1H3/t20-;16-;15-/m111/s1. The number of aliphatic hydroxyl groups is 1. The van der Waals surface area contributed by atoms with Gasteiger partial charge in [-0.1, -0.05) is 132 Å². The van der Waals surface area contributed by atoms with Crippen LogP contribution in [-0.2, 0) is 43.3 Å². The molecule has 0 radical (unpaired) electrons. The third kappa shape index (κ3) is 14.0. The Morgan fingerprint density at radius 3 is 1.78 bits per heavy atom. The van der Waals surface area contributed by atoms with Gasteiger partial charge in [0.05, 0.1) is 62.1 Å². The minimum absolute atomic E-state index is 0.119. The number of ether oxygens (including phenoxy) is 6. The molecule has 2 N–H and O–H groups in total. The maximum atomic E-state index is 13.8. The van der Waals surface area contributed by atoms with Crippen LogP contribution in [0.15, 0.2) is 150 Å². The topological polar surface area (TPSA) is 159 Å². The molecule has 3 heterocycles. The van der Waals surface area contributed by atoms with Crippen LogP contribution in [0.4, 0.5) is 0 Å². The SMILES string of the molecule is COC(=O)c1ccc(CC[C@H](CO)c2ccccc2)c(Br)c1.COC(=O)c1ccc2c(c1)OC[C@H](c1ccccc1)N(C(=O)C1(C)CCOCC1)C2.COC(=O)c1ccc2c(c1)OC[C@H](c1ccccc1)NC2. The quantitative estimate of drug-likeness (QED) is 0.0936. The van der Waals surface area contributed by atoms with Crippen molar-refractivity contribution in [3.8, 4) is 11.5 Å². The van der Waals surface area contributed by atoms with Crippen LogP contribution in [0, 0.1) is 5.41 Å². The number of aryl methyl sites for hydroxylation is 1. The molecule has 1 amide bonds. The van der Waals surface area contributed by atoms with E-state index in [0.29, 0.717) is 74.8 Å². The number of nitrogens with one attached hydrogen (secondary N) is 1. The number of esters is 3. The summed E-state index contributed by atoms with van der Waals surface area (Å²) in [4.78, 5) is 50.7. The molecule has 0 unspecified atom stereocenters. The van der Waals surface area contributed by atoms with Crippen LogP contribution >= 0.6 is 15.9 Å². The summed E-state index contributed by atoms with van der Waals surface area (Å²) in [5.41, 5.74) is 7.42. The van der Waals surface area contributed by atoms with Crippen molar-refractivity contribution in [2.24, 2.45) is 5.41 Å². The van der Waals surface area contributed by atoms with Crippen molar-refractivity contribution < 1.29 is 52.7 Å². The highest BCUT2D eigenvalue weighted by Crippen LogP contribution is 2.39. The van der Waals surface area contributed by atoms with E-state index in [-0.39, 0.29) is 42.5 Å². The van der Waals surface area contributed by atoms with Crippen molar-refractivity contribution in [3.05, 3.63) is 200 Å². The van der Waals surface area contributed by atoms with Gasteiger partial charge in [0.2, 0.25) is 5.91 Å². The van der Waals surface area contributed by atoms with Crippen molar-refractivity contribution in [1.29, 1.82) is 0 Å². The number of benzene rings is 6. The van der Waals surface area contributed by atoms with E-state index in [2.05, 4.69) is 33.4 Å². The third-order valence-electron chi connectivity index (χ3n) is 13.5. The van der Waals surface area contributed by atoms with E-state index in [1.54, 1.807) is 36.4 Å². The number of hydrogen-bond acceptors (Lipinski definition) is 12. The second-order valence-corrected chi connectivity index (χ2v) is 19.1. The van der Waals surface area contributed by atoms with Gasteiger partial charge in [-0.05, 0) is 84.3 Å². The van der Waals surface area contributed by atoms with Crippen molar-refractivity contribution in [2.45, 2.75) is 63.7 Å².